The van der Waals surface area contributed by atoms with E-state index in [0.717, 1.165) is 17.7 Å². The number of hydrogen-bond donors (Lipinski definition) is 2. The predicted molar refractivity (Wildman–Crippen MR) is 97.2 cm³/mol. The van der Waals surface area contributed by atoms with Crippen LogP contribution in [-0.4, -0.2) is 11.8 Å². The number of carbonyl (C=O) groups is 2. The molecule has 0 bridgehead atoms. The summed E-state index contributed by atoms with van der Waals surface area (Å²) >= 11 is 5.79. The Bertz CT molecular complexity index is 834. The monoisotopic (exact) mass is 398 g/mol. The quantitative estimate of drug-likeness (QED) is 0.721. The van der Waals surface area contributed by atoms with Crippen molar-refractivity contribution in [2.24, 2.45) is 5.41 Å². The first-order valence-corrected chi connectivity index (χ1v) is 8.40. The van der Waals surface area contributed by atoms with Crippen molar-refractivity contribution in [3.8, 4) is 0 Å². The summed E-state index contributed by atoms with van der Waals surface area (Å²) in [4.78, 5) is 24.9. The zero-order chi connectivity index (χ0) is 20.2. The van der Waals surface area contributed by atoms with Gasteiger partial charge in [0.05, 0.1) is 11.3 Å². The Labute approximate surface area is 159 Å². The van der Waals surface area contributed by atoms with Crippen molar-refractivity contribution in [1.82, 2.24) is 5.32 Å². The van der Waals surface area contributed by atoms with E-state index in [1.165, 1.54) is 26.0 Å². The number of anilines is 1. The molecule has 27 heavy (non-hydrogen) atoms. The zero-order valence-electron chi connectivity index (χ0n) is 14.7. The fraction of sp³-hybridized carbons (Fsp3) is 0.263. The van der Waals surface area contributed by atoms with Gasteiger partial charge in [0.25, 0.3) is 0 Å². The number of halogens is 4. The van der Waals surface area contributed by atoms with Crippen LogP contribution < -0.4 is 10.6 Å². The van der Waals surface area contributed by atoms with Crippen LogP contribution in [0.5, 0.6) is 0 Å². The molecule has 2 amide bonds. The second kappa shape index (κ2) is 8.00. The maximum Gasteiger partial charge on any atom is 0.418 e. The van der Waals surface area contributed by atoms with Crippen molar-refractivity contribution in [3.63, 3.8) is 0 Å². The summed E-state index contributed by atoms with van der Waals surface area (Å²) in [5.74, 6) is -1.45. The highest BCUT2D eigenvalue weighted by atomic mass is 35.5. The maximum atomic E-state index is 13.1. The molecule has 2 N–H and O–H groups in total. The van der Waals surface area contributed by atoms with Crippen LogP contribution in [0.3, 0.4) is 0 Å². The minimum Gasteiger partial charge on any atom is -0.351 e. The number of nitrogens with one attached hydrogen (secondary N) is 2. The van der Waals surface area contributed by atoms with Gasteiger partial charge in [-0.15, -0.1) is 0 Å². The molecule has 0 aromatic heterocycles. The topological polar surface area (TPSA) is 58.2 Å². The average molecular weight is 399 g/mol. The third kappa shape index (κ3) is 5.23. The minimum absolute atomic E-state index is 0.159. The van der Waals surface area contributed by atoms with Gasteiger partial charge in [-0.2, -0.15) is 13.2 Å². The van der Waals surface area contributed by atoms with Crippen molar-refractivity contribution in [2.75, 3.05) is 5.32 Å². The van der Waals surface area contributed by atoms with Crippen LogP contribution in [0, 0.1) is 5.41 Å². The smallest absolute Gasteiger partial charge is 0.351 e. The molecular formula is C19H18ClF3N2O2. The van der Waals surface area contributed by atoms with Crippen molar-refractivity contribution < 1.29 is 22.8 Å². The summed E-state index contributed by atoms with van der Waals surface area (Å²) in [6, 6.07) is 11.4. The van der Waals surface area contributed by atoms with E-state index >= 15 is 0 Å². The van der Waals surface area contributed by atoms with Gasteiger partial charge in [0.15, 0.2) is 0 Å². The molecule has 0 fully saturated rings. The van der Waals surface area contributed by atoms with Crippen molar-refractivity contribution >= 4 is 29.1 Å². The molecule has 0 aliphatic carbocycles. The largest absolute Gasteiger partial charge is 0.418 e. The Morgan fingerprint density at radius 3 is 2.15 bits per heavy atom. The Balaban J connectivity index is 2.08. The Morgan fingerprint density at radius 2 is 1.56 bits per heavy atom. The molecule has 0 heterocycles. The van der Waals surface area contributed by atoms with Crippen molar-refractivity contribution in [2.45, 2.75) is 26.6 Å². The predicted octanol–water partition coefficient (Wildman–Crippen LogP) is 4.64. The second-order valence-corrected chi connectivity index (χ2v) is 6.87. The highest BCUT2D eigenvalue weighted by molar-refractivity contribution is 6.30. The highest BCUT2D eigenvalue weighted by Gasteiger charge is 2.38. The lowest BCUT2D eigenvalue weighted by Crippen LogP contribution is -2.45. The van der Waals surface area contributed by atoms with E-state index in [2.05, 4.69) is 10.6 Å². The minimum atomic E-state index is -4.62. The highest BCUT2D eigenvalue weighted by Crippen LogP contribution is 2.35. The van der Waals surface area contributed by atoms with E-state index in [4.69, 9.17) is 11.6 Å². The fourth-order valence-corrected chi connectivity index (χ4v) is 2.35. The normalized spacial score (nSPS) is 11.8. The first-order valence-electron chi connectivity index (χ1n) is 8.02. The van der Waals surface area contributed by atoms with Gasteiger partial charge in [-0.05, 0) is 43.7 Å². The number of amides is 2. The van der Waals surface area contributed by atoms with Crippen LogP contribution in [0.1, 0.15) is 25.0 Å². The van der Waals surface area contributed by atoms with E-state index in [1.54, 1.807) is 24.3 Å². The maximum absolute atomic E-state index is 13.1. The zero-order valence-corrected chi connectivity index (χ0v) is 15.4. The van der Waals surface area contributed by atoms with Gasteiger partial charge < -0.3 is 10.6 Å². The summed E-state index contributed by atoms with van der Waals surface area (Å²) in [5, 5.41) is 5.36. The molecule has 2 aromatic rings. The Hall–Kier alpha value is -2.54. The third-order valence-corrected chi connectivity index (χ3v) is 4.23. The van der Waals surface area contributed by atoms with Crippen molar-refractivity contribution in [3.05, 3.63) is 64.7 Å². The first kappa shape index (κ1) is 20.8. The SMILES string of the molecule is CC(C)(C(=O)NCc1ccc(Cl)cc1)C(=O)Nc1ccccc1C(F)(F)F. The summed E-state index contributed by atoms with van der Waals surface area (Å²) in [6.07, 6.45) is -4.62. The first-order chi connectivity index (χ1) is 12.5. The standard InChI is InChI=1S/C19H18ClF3N2O2/c1-18(2,16(26)24-11-12-7-9-13(20)10-8-12)17(27)25-15-6-4-3-5-14(15)19(21,22)23/h3-10H,11H2,1-2H3,(H,24,26)(H,25,27). The second-order valence-electron chi connectivity index (χ2n) is 6.43. The molecule has 0 aliphatic heterocycles. The lowest BCUT2D eigenvalue weighted by Gasteiger charge is -2.24. The molecular weight excluding hydrogens is 381 g/mol. The van der Waals surface area contributed by atoms with Gasteiger partial charge in [0.2, 0.25) is 11.8 Å². The summed E-state index contributed by atoms with van der Waals surface area (Å²) in [6.45, 7) is 2.84. The van der Waals surface area contributed by atoms with E-state index in [1.807, 2.05) is 0 Å². The van der Waals surface area contributed by atoms with Crippen molar-refractivity contribution in [1.29, 1.82) is 0 Å². The van der Waals surface area contributed by atoms with Gasteiger partial charge >= 0.3 is 6.18 Å². The Kier molecular flexibility index (Phi) is 6.15. The molecule has 0 radical (unpaired) electrons. The number of benzene rings is 2. The van der Waals surface area contributed by atoms with Gasteiger partial charge in [0, 0.05) is 11.6 Å². The fourth-order valence-electron chi connectivity index (χ4n) is 2.23. The molecule has 2 aromatic carbocycles. The molecule has 0 atom stereocenters. The molecule has 2 rings (SSSR count). The summed E-state index contributed by atoms with van der Waals surface area (Å²) in [7, 11) is 0. The van der Waals surface area contributed by atoms with E-state index < -0.39 is 34.7 Å². The van der Waals surface area contributed by atoms with Gasteiger partial charge in [-0.3, -0.25) is 9.59 Å². The lowest BCUT2D eigenvalue weighted by atomic mass is 9.90. The van der Waals surface area contributed by atoms with Crippen LogP contribution >= 0.6 is 11.6 Å². The van der Waals surface area contributed by atoms with E-state index in [-0.39, 0.29) is 6.54 Å². The van der Waals surface area contributed by atoms with Crippen LogP contribution in [0.2, 0.25) is 5.02 Å². The number of alkyl halides is 3. The summed E-state index contributed by atoms with van der Waals surface area (Å²) < 4.78 is 39.2. The molecule has 8 heteroatoms. The van der Waals surface area contributed by atoms with E-state index in [9.17, 15) is 22.8 Å². The van der Waals surface area contributed by atoms with Crippen LogP contribution in [-0.2, 0) is 22.3 Å². The van der Waals surface area contributed by atoms with E-state index in [0.29, 0.717) is 5.02 Å². The molecule has 0 saturated carbocycles. The van der Waals surface area contributed by atoms with Crippen LogP contribution in [0.4, 0.5) is 18.9 Å². The lowest BCUT2D eigenvalue weighted by molar-refractivity contribution is -0.138. The number of carbonyl (C=O) groups excluding carboxylic acids is 2. The molecule has 0 spiro atoms. The number of rotatable bonds is 5. The Morgan fingerprint density at radius 1 is 0.963 bits per heavy atom. The molecule has 0 aliphatic rings. The number of para-hydroxylation sites is 1. The van der Waals surface area contributed by atoms with Gasteiger partial charge in [-0.25, -0.2) is 0 Å². The molecule has 144 valence electrons. The molecule has 0 saturated heterocycles. The molecule has 4 nitrogen and oxygen atoms in total. The van der Waals surface area contributed by atoms with Gasteiger partial charge in [-0.1, -0.05) is 35.9 Å². The van der Waals surface area contributed by atoms with Crippen LogP contribution in [0.15, 0.2) is 48.5 Å². The summed E-state index contributed by atoms with van der Waals surface area (Å²) in [5.41, 5.74) is -2.18. The molecule has 0 unspecified atom stereocenters. The van der Waals surface area contributed by atoms with Gasteiger partial charge in [0.1, 0.15) is 5.41 Å². The van der Waals surface area contributed by atoms with Crippen LogP contribution in [0.25, 0.3) is 0 Å². The number of hydrogen-bond acceptors (Lipinski definition) is 2. The average Bonchev–Trinajstić information content (AvgIpc) is 2.60. The third-order valence-electron chi connectivity index (χ3n) is 3.98.